The molecule has 0 aliphatic heterocycles. The molecule has 0 spiro atoms. The second-order valence-corrected chi connectivity index (χ2v) is 8.83. The molecule has 0 saturated heterocycles. The maximum absolute atomic E-state index is 13.0. The molecule has 1 aliphatic carbocycles. The van der Waals surface area contributed by atoms with Crippen LogP contribution in [0.5, 0.6) is 0 Å². The largest absolute Gasteiger partial charge is 0.354 e. The van der Waals surface area contributed by atoms with Crippen molar-refractivity contribution in [3.8, 4) is 0 Å². The smallest absolute Gasteiger partial charge is 0.230 e. The Morgan fingerprint density at radius 3 is 2.33 bits per heavy atom. The van der Waals surface area contributed by atoms with E-state index in [-0.39, 0.29) is 16.5 Å². The van der Waals surface area contributed by atoms with Crippen molar-refractivity contribution >= 4 is 16.7 Å². The van der Waals surface area contributed by atoms with Crippen LogP contribution in [-0.2, 0) is 21.0 Å². The third kappa shape index (κ3) is 3.70. The van der Waals surface area contributed by atoms with Gasteiger partial charge in [-0.1, -0.05) is 12.1 Å². The van der Waals surface area contributed by atoms with Gasteiger partial charge in [-0.05, 0) is 51.3 Å². The number of halogens is 1. The molecule has 21 heavy (non-hydrogen) atoms. The molecule has 1 aliphatic rings. The van der Waals surface area contributed by atoms with Crippen LogP contribution in [0.25, 0.3) is 0 Å². The summed E-state index contributed by atoms with van der Waals surface area (Å²) in [7, 11) is -0.972. The molecular weight excluding hydrogens is 289 g/mol. The Morgan fingerprint density at radius 1 is 1.29 bits per heavy atom. The second kappa shape index (κ2) is 5.87. The lowest BCUT2D eigenvalue weighted by molar-refractivity contribution is -0.123. The number of carbonyl (C=O) groups is 1. The highest BCUT2D eigenvalue weighted by atomic mass is 32.2. The average Bonchev–Trinajstić information content (AvgIpc) is 3.19. The summed E-state index contributed by atoms with van der Waals surface area (Å²) in [5.41, 5.74) is 0.357. The van der Waals surface area contributed by atoms with Crippen LogP contribution in [0.15, 0.2) is 24.3 Å². The highest BCUT2D eigenvalue weighted by Crippen LogP contribution is 2.48. The number of nitrogens with one attached hydrogen (secondary N) is 1. The zero-order chi connectivity index (χ0) is 15.7. The van der Waals surface area contributed by atoms with E-state index in [0.29, 0.717) is 12.3 Å². The van der Waals surface area contributed by atoms with Gasteiger partial charge in [0.2, 0.25) is 5.91 Å². The molecule has 1 aromatic carbocycles. The fourth-order valence-corrected chi connectivity index (χ4v) is 3.17. The first kappa shape index (κ1) is 16.1. The number of hydrogen-bond acceptors (Lipinski definition) is 2. The van der Waals surface area contributed by atoms with E-state index in [0.717, 1.165) is 18.4 Å². The van der Waals surface area contributed by atoms with Crippen molar-refractivity contribution in [2.24, 2.45) is 0 Å². The maximum atomic E-state index is 13.0. The minimum absolute atomic E-state index is 0.0417. The first-order valence-corrected chi connectivity index (χ1v) is 8.50. The number of amides is 1. The molecule has 5 heteroatoms. The normalized spacial score (nSPS) is 18.1. The molecule has 1 unspecified atom stereocenters. The zero-order valence-electron chi connectivity index (χ0n) is 12.7. The molecular formula is C16H22FNO2S. The maximum Gasteiger partial charge on any atom is 0.230 e. The highest BCUT2D eigenvalue weighted by molar-refractivity contribution is 7.86. The van der Waals surface area contributed by atoms with E-state index in [4.69, 9.17) is 0 Å². The van der Waals surface area contributed by atoms with Gasteiger partial charge < -0.3 is 5.32 Å². The van der Waals surface area contributed by atoms with Crippen LogP contribution in [0.4, 0.5) is 4.39 Å². The van der Waals surface area contributed by atoms with E-state index in [1.54, 1.807) is 12.1 Å². The van der Waals surface area contributed by atoms with E-state index in [1.807, 2.05) is 20.8 Å². The summed E-state index contributed by atoms with van der Waals surface area (Å²) in [6.07, 6.45) is 1.57. The van der Waals surface area contributed by atoms with Crippen molar-refractivity contribution in [3.63, 3.8) is 0 Å². The second-order valence-electron chi connectivity index (χ2n) is 6.51. The Labute approximate surface area is 127 Å². The van der Waals surface area contributed by atoms with Gasteiger partial charge in [0, 0.05) is 27.8 Å². The number of carbonyl (C=O) groups excluding carboxylic acids is 1. The third-order valence-electron chi connectivity index (χ3n) is 3.84. The molecule has 1 aromatic rings. The van der Waals surface area contributed by atoms with E-state index in [1.165, 1.54) is 12.1 Å². The monoisotopic (exact) mass is 311 g/mol. The lowest BCUT2D eigenvalue weighted by atomic mass is 9.95. The quantitative estimate of drug-likeness (QED) is 0.908. The van der Waals surface area contributed by atoms with Crippen molar-refractivity contribution in [2.75, 3.05) is 12.3 Å². The summed E-state index contributed by atoms with van der Waals surface area (Å²) in [5, 5.41) is 2.88. The molecule has 0 bridgehead atoms. The van der Waals surface area contributed by atoms with Crippen LogP contribution in [0.2, 0.25) is 0 Å². The van der Waals surface area contributed by atoms with Gasteiger partial charge in [-0.25, -0.2) is 4.39 Å². The molecule has 0 heterocycles. The topological polar surface area (TPSA) is 46.2 Å². The molecule has 3 nitrogen and oxygen atoms in total. The van der Waals surface area contributed by atoms with Gasteiger partial charge in [-0.3, -0.25) is 9.00 Å². The number of benzene rings is 1. The third-order valence-corrected chi connectivity index (χ3v) is 5.78. The van der Waals surface area contributed by atoms with Crippen molar-refractivity contribution in [3.05, 3.63) is 35.6 Å². The molecule has 2 rings (SSSR count). The van der Waals surface area contributed by atoms with Crippen LogP contribution in [-0.4, -0.2) is 27.2 Å². The fourth-order valence-electron chi connectivity index (χ4n) is 2.27. The van der Waals surface area contributed by atoms with Gasteiger partial charge in [-0.2, -0.15) is 0 Å². The van der Waals surface area contributed by atoms with Gasteiger partial charge in [-0.15, -0.1) is 0 Å². The minimum Gasteiger partial charge on any atom is -0.354 e. The van der Waals surface area contributed by atoms with Crippen LogP contribution in [0.1, 0.15) is 39.2 Å². The predicted octanol–water partition coefficient (Wildman–Crippen LogP) is 2.52. The van der Waals surface area contributed by atoms with E-state index < -0.39 is 16.2 Å². The molecule has 1 saturated carbocycles. The van der Waals surface area contributed by atoms with Crippen molar-refractivity contribution < 1.29 is 13.4 Å². The van der Waals surface area contributed by atoms with Crippen LogP contribution < -0.4 is 5.32 Å². The van der Waals surface area contributed by atoms with E-state index in [2.05, 4.69) is 5.32 Å². The summed E-state index contributed by atoms with van der Waals surface area (Å²) in [6, 6.07) is 6.12. The number of hydrogen-bond donors (Lipinski definition) is 1. The lowest BCUT2D eigenvalue weighted by Gasteiger charge is -2.19. The highest BCUT2D eigenvalue weighted by Gasteiger charge is 2.51. The Bertz CT molecular complexity index is 544. The zero-order valence-corrected chi connectivity index (χ0v) is 13.6. The summed E-state index contributed by atoms with van der Waals surface area (Å²) in [6.45, 7) is 6.18. The molecule has 1 atom stereocenters. The van der Waals surface area contributed by atoms with E-state index in [9.17, 15) is 13.4 Å². The van der Waals surface area contributed by atoms with Gasteiger partial charge in [0.25, 0.3) is 0 Å². The van der Waals surface area contributed by atoms with Crippen LogP contribution in [0, 0.1) is 5.82 Å². The molecule has 0 aromatic heterocycles. The van der Waals surface area contributed by atoms with Gasteiger partial charge in [0.15, 0.2) is 0 Å². The Kier molecular flexibility index (Phi) is 4.51. The number of rotatable bonds is 5. The Hall–Kier alpha value is -1.23. The van der Waals surface area contributed by atoms with Crippen LogP contribution in [0.3, 0.4) is 0 Å². The molecule has 116 valence electrons. The summed E-state index contributed by atoms with van der Waals surface area (Å²) in [5.74, 6) is 0.116. The molecule has 1 fully saturated rings. The van der Waals surface area contributed by atoms with Gasteiger partial charge >= 0.3 is 0 Å². The molecule has 1 amide bonds. The average molecular weight is 311 g/mol. The van der Waals surface area contributed by atoms with E-state index >= 15 is 0 Å². The van der Waals surface area contributed by atoms with Crippen LogP contribution >= 0.6 is 0 Å². The standard InChI is InChI=1S/C16H22FNO2S/c1-15(2,3)21(20)11-10-18-14(19)16(8-9-16)12-4-6-13(17)7-5-12/h4-7H,8-11H2,1-3H3,(H,18,19). The lowest BCUT2D eigenvalue weighted by Crippen LogP contribution is -2.38. The first-order valence-electron chi connectivity index (χ1n) is 7.18. The molecule has 1 N–H and O–H groups in total. The van der Waals surface area contributed by atoms with Gasteiger partial charge in [0.1, 0.15) is 5.82 Å². The minimum atomic E-state index is -0.972. The predicted molar refractivity (Wildman–Crippen MR) is 83.1 cm³/mol. The molecule has 0 radical (unpaired) electrons. The van der Waals surface area contributed by atoms with Crippen molar-refractivity contribution in [1.29, 1.82) is 0 Å². The van der Waals surface area contributed by atoms with Crippen molar-refractivity contribution in [2.45, 2.75) is 43.8 Å². The SMILES string of the molecule is CC(C)(C)S(=O)CCNC(=O)C1(c2ccc(F)cc2)CC1. The van der Waals surface area contributed by atoms with Gasteiger partial charge in [0.05, 0.1) is 5.41 Å². The summed E-state index contributed by atoms with van der Waals surface area (Å²) < 4.78 is 24.6. The summed E-state index contributed by atoms with van der Waals surface area (Å²) >= 11 is 0. The fraction of sp³-hybridized carbons (Fsp3) is 0.562. The van der Waals surface area contributed by atoms with Crippen molar-refractivity contribution in [1.82, 2.24) is 5.32 Å². The Balaban J connectivity index is 1.92. The summed E-state index contributed by atoms with van der Waals surface area (Å²) in [4.78, 5) is 12.3. The Morgan fingerprint density at radius 2 is 1.86 bits per heavy atom. The first-order chi connectivity index (χ1) is 9.75.